The number of aromatic amines is 2. The Labute approximate surface area is 169 Å². The molecule has 0 aliphatic carbocycles. The summed E-state index contributed by atoms with van der Waals surface area (Å²) in [6.45, 7) is 3.86. The van der Waals surface area contributed by atoms with E-state index in [0.29, 0.717) is 5.69 Å². The van der Waals surface area contributed by atoms with Crippen molar-refractivity contribution in [2.75, 3.05) is 14.2 Å². The summed E-state index contributed by atoms with van der Waals surface area (Å²) >= 11 is 0. The number of H-pyrrole nitrogens is 2. The Morgan fingerprint density at radius 3 is 2.55 bits per heavy atom. The first-order valence-electron chi connectivity index (χ1n) is 9.52. The molecule has 0 unspecified atom stereocenters. The molecule has 6 heteroatoms. The van der Waals surface area contributed by atoms with Crippen LogP contribution in [0.2, 0.25) is 0 Å². The average molecular weight is 388 g/mol. The first-order chi connectivity index (χ1) is 14.0. The number of hydroxylamine groups is 2. The summed E-state index contributed by atoms with van der Waals surface area (Å²) in [6.07, 6.45) is 0.870. The maximum atomic E-state index is 12.5. The Bertz CT molecular complexity index is 1170. The van der Waals surface area contributed by atoms with Gasteiger partial charge in [-0.15, -0.1) is 0 Å². The number of nitrogens with one attached hydrogen (secondary N) is 2. The molecule has 2 N–H and O–H groups in total. The third kappa shape index (κ3) is 3.54. The number of imidazole rings is 1. The molecule has 4 rings (SSSR count). The molecular weight excluding hydrogens is 364 g/mol. The number of benzene rings is 2. The minimum Gasteiger partial charge on any atom is -0.354 e. The standard InChI is InChI=1S/C23H24N4O2/c1-14-20(15(2)24-21(14)23(28)27(3)29-4)22-25-18-11-10-17(13-19(18)26-22)12-16-8-6-5-7-9-16/h5-11,13,24H,12H2,1-4H3,(H,25,26). The van der Waals surface area contributed by atoms with Gasteiger partial charge in [-0.2, -0.15) is 0 Å². The van der Waals surface area contributed by atoms with Gasteiger partial charge in [0.05, 0.1) is 18.1 Å². The second-order valence-corrected chi connectivity index (χ2v) is 7.21. The Morgan fingerprint density at radius 1 is 1.07 bits per heavy atom. The molecule has 4 aromatic rings. The lowest BCUT2D eigenvalue weighted by molar-refractivity contribution is -0.0760. The van der Waals surface area contributed by atoms with Crippen LogP contribution in [-0.2, 0) is 11.3 Å². The van der Waals surface area contributed by atoms with Crippen molar-refractivity contribution >= 4 is 16.9 Å². The van der Waals surface area contributed by atoms with Crippen molar-refractivity contribution in [1.29, 1.82) is 0 Å². The molecule has 0 aliphatic heterocycles. The number of hydrogen-bond acceptors (Lipinski definition) is 3. The highest BCUT2D eigenvalue weighted by molar-refractivity contribution is 5.96. The highest BCUT2D eigenvalue weighted by atomic mass is 16.7. The zero-order chi connectivity index (χ0) is 20.5. The summed E-state index contributed by atoms with van der Waals surface area (Å²) < 4.78 is 0. The summed E-state index contributed by atoms with van der Waals surface area (Å²) in [6, 6.07) is 16.7. The fourth-order valence-corrected chi connectivity index (χ4v) is 3.68. The number of hydrogen-bond donors (Lipinski definition) is 2. The van der Waals surface area contributed by atoms with Crippen LogP contribution in [-0.4, -0.2) is 40.1 Å². The number of rotatable bonds is 5. The predicted octanol–water partition coefficient (Wildman–Crippen LogP) is 4.40. The molecule has 0 fully saturated rings. The SMILES string of the molecule is CON(C)C(=O)c1[nH]c(C)c(-c2nc3ccc(Cc4ccccc4)cc3[nH]2)c1C. The van der Waals surface area contributed by atoms with Crippen LogP contribution in [0.5, 0.6) is 0 Å². The second-order valence-electron chi connectivity index (χ2n) is 7.21. The molecule has 0 aliphatic rings. The third-order valence-electron chi connectivity index (χ3n) is 5.25. The van der Waals surface area contributed by atoms with Crippen molar-refractivity contribution in [3.8, 4) is 11.4 Å². The fraction of sp³-hybridized carbons (Fsp3) is 0.217. The van der Waals surface area contributed by atoms with Gasteiger partial charge >= 0.3 is 0 Å². The van der Waals surface area contributed by atoms with Gasteiger partial charge < -0.3 is 9.97 Å². The maximum absolute atomic E-state index is 12.5. The molecule has 0 atom stereocenters. The van der Waals surface area contributed by atoms with Gasteiger partial charge in [0, 0.05) is 18.3 Å². The smallest absolute Gasteiger partial charge is 0.293 e. The van der Waals surface area contributed by atoms with Crippen molar-refractivity contribution in [3.05, 3.63) is 76.6 Å². The van der Waals surface area contributed by atoms with E-state index in [4.69, 9.17) is 9.82 Å². The van der Waals surface area contributed by atoms with Crippen molar-refractivity contribution in [3.63, 3.8) is 0 Å². The zero-order valence-electron chi connectivity index (χ0n) is 17.0. The topological polar surface area (TPSA) is 74.0 Å². The lowest BCUT2D eigenvalue weighted by atomic mass is 10.0. The molecule has 0 saturated heterocycles. The summed E-state index contributed by atoms with van der Waals surface area (Å²) in [7, 11) is 3.06. The number of carbonyl (C=O) groups is 1. The molecule has 2 aromatic carbocycles. The van der Waals surface area contributed by atoms with E-state index in [1.165, 1.54) is 23.3 Å². The lowest BCUT2D eigenvalue weighted by Crippen LogP contribution is -2.26. The van der Waals surface area contributed by atoms with E-state index in [1.54, 1.807) is 7.05 Å². The molecule has 0 bridgehead atoms. The number of carbonyl (C=O) groups excluding carboxylic acids is 1. The fourth-order valence-electron chi connectivity index (χ4n) is 3.68. The van der Waals surface area contributed by atoms with Gasteiger partial charge in [0.2, 0.25) is 0 Å². The van der Waals surface area contributed by atoms with E-state index >= 15 is 0 Å². The lowest BCUT2D eigenvalue weighted by Gasteiger charge is -2.12. The number of fused-ring (bicyclic) bond motifs is 1. The molecule has 2 aromatic heterocycles. The van der Waals surface area contributed by atoms with Crippen molar-refractivity contribution < 1.29 is 9.63 Å². The van der Waals surface area contributed by atoms with E-state index in [2.05, 4.69) is 46.4 Å². The minimum atomic E-state index is -0.222. The van der Waals surface area contributed by atoms with Gasteiger partial charge in [0.25, 0.3) is 5.91 Å². The van der Waals surface area contributed by atoms with Crippen LogP contribution < -0.4 is 0 Å². The zero-order valence-corrected chi connectivity index (χ0v) is 17.0. The van der Waals surface area contributed by atoms with Crippen molar-refractivity contribution in [1.82, 2.24) is 20.0 Å². The van der Waals surface area contributed by atoms with E-state index in [-0.39, 0.29) is 5.91 Å². The van der Waals surface area contributed by atoms with Gasteiger partial charge in [0.1, 0.15) is 11.5 Å². The van der Waals surface area contributed by atoms with E-state index in [1.807, 2.05) is 26.0 Å². The average Bonchev–Trinajstić information content (AvgIpc) is 3.26. The van der Waals surface area contributed by atoms with Crippen molar-refractivity contribution in [2.45, 2.75) is 20.3 Å². The molecule has 29 heavy (non-hydrogen) atoms. The van der Waals surface area contributed by atoms with Crippen LogP contribution in [0.4, 0.5) is 0 Å². The van der Waals surface area contributed by atoms with E-state index < -0.39 is 0 Å². The predicted molar refractivity (Wildman–Crippen MR) is 114 cm³/mol. The minimum absolute atomic E-state index is 0.222. The number of nitrogens with zero attached hydrogens (tertiary/aromatic N) is 2. The maximum Gasteiger partial charge on any atom is 0.293 e. The van der Waals surface area contributed by atoms with Gasteiger partial charge in [-0.05, 0) is 49.1 Å². The third-order valence-corrected chi connectivity index (χ3v) is 5.25. The van der Waals surface area contributed by atoms with Gasteiger partial charge in [-0.25, -0.2) is 10.0 Å². The Kier molecular flexibility index (Phi) is 4.94. The summed E-state index contributed by atoms with van der Waals surface area (Å²) in [4.78, 5) is 28.9. The molecule has 6 nitrogen and oxygen atoms in total. The monoisotopic (exact) mass is 388 g/mol. The summed E-state index contributed by atoms with van der Waals surface area (Å²) in [5, 5.41) is 1.20. The number of amides is 1. The summed E-state index contributed by atoms with van der Waals surface area (Å²) in [5.74, 6) is 0.530. The normalized spacial score (nSPS) is 11.2. The van der Waals surface area contributed by atoms with Crippen LogP contribution in [0.1, 0.15) is 32.9 Å². The molecule has 1 amide bonds. The van der Waals surface area contributed by atoms with Gasteiger partial charge in [-0.3, -0.25) is 9.63 Å². The van der Waals surface area contributed by atoms with E-state index in [0.717, 1.165) is 40.1 Å². The van der Waals surface area contributed by atoms with Crippen LogP contribution in [0.25, 0.3) is 22.4 Å². The first kappa shape index (κ1) is 19.0. The molecular formula is C23H24N4O2. The van der Waals surface area contributed by atoms with Gasteiger partial charge in [-0.1, -0.05) is 36.4 Å². The van der Waals surface area contributed by atoms with Crippen LogP contribution >= 0.6 is 0 Å². The van der Waals surface area contributed by atoms with Crippen LogP contribution in [0.3, 0.4) is 0 Å². The van der Waals surface area contributed by atoms with Crippen LogP contribution in [0, 0.1) is 13.8 Å². The van der Waals surface area contributed by atoms with Crippen molar-refractivity contribution in [2.24, 2.45) is 0 Å². The molecule has 0 radical (unpaired) electrons. The second kappa shape index (κ2) is 7.56. The number of aromatic nitrogens is 3. The molecule has 0 spiro atoms. The Balaban J connectivity index is 1.70. The molecule has 0 saturated carbocycles. The number of aryl methyl sites for hydroxylation is 1. The summed E-state index contributed by atoms with van der Waals surface area (Å²) in [5.41, 5.74) is 7.53. The largest absolute Gasteiger partial charge is 0.354 e. The Morgan fingerprint density at radius 2 is 1.83 bits per heavy atom. The highest BCUT2D eigenvalue weighted by Crippen LogP contribution is 2.30. The van der Waals surface area contributed by atoms with Gasteiger partial charge in [0.15, 0.2) is 0 Å². The molecule has 148 valence electrons. The quantitative estimate of drug-likeness (QED) is 0.498. The molecule has 2 heterocycles. The first-order valence-corrected chi connectivity index (χ1v) is 9.52. The Hall–Kier alpha value is -3.38. The van der Waals surface area contributed by atoms with E-state index in [9.17, 15) is 4.79 Å². The highest BCUT2D eigenvalue weighted by Gasteiger charge is 2.23. The van der Waals surface area contributed by atoms with Crippen LogP contribution in [0.15, 0.2) is 48.5 Å².